The van der Waals surface area contributed by atoms with Crippen molar-refractivity contribution >= 4 is 17.3 Å². The van der Waals surface area contributed by atoms with Crippen LogP contribution < -0.4 is 10.2 Å². The number of benzene rings is 1. The zero-order valence-electron chi connectivity index (χ0n) is 13.0. The Balaban J connectivity index is 1.64. The van der Waals surface area contributed by atoms with Gasteiger partial charge in [-0.2, -0.15) is 5.10 Å². The summed E-state index contributed by atoms with van der Waals surface area (Å²) in [6.45, 7) is 4.53. The van der Waals surface area contributed by atoms with Crippen LogP contribution in [0.4, 0.5) is 15.8 Å². The lowest BCUT2D eigenvalue weighted by molar-refractivity contribution is -0.116. The van der Waals surface area contributed by atoms with Crippen molar-refractivity contribution in [3.8, 4) is 0 Å². The molecule has 0 radical (unpaired) electrons. The number of nitrogens with one attached hydrogen (secondary N) is 1. The molecule has 3 rings (SSSR count). The second-order valence-electron chi connectivity index (χ2n) is 5.53. The average Bonchev–Trinajstić information content (AvgIpc) is 2.93. The number of halogens is 1. The Kier molecular flexibility index (Phi) is 4.57. The lowest BCUT2D eigenvalue weighted by Gasteiger charge is -2.29. The molecule has 0 atom stereocenters. The number of aryl methyl sites for hydroxylation is 1. The van der Waals surface area contributed by atoms with Gasteiger partial charge in [0.25, 0.3) is 0 Å². The molecule has 1 aromatic carbocycles. The van der Waals surface area contributed by atoms with Gasteiger partial charge >= 0.3 is 0 Å². The number of amides is 1. The van der Waals surface area contributed by atoms with E-state index >= 15 is 0 Å². The average molecular weight is 318 g/mol. The van der Waals surface area contributed by atoms with E-state index in [1.807, 2.05) is 11.8 Å². The van der Waals surface area contributed by atoms with Gasteiger partial charge < -0.3 is 15.0 Å². The third-order valence-electron chi connectivity index (χ3n) is 3.65. The van der Waals surface area contributed by atoms with Crippen LogP contribution in [0.25, 0.3) is 0 Å². The first-order chi connectivity index (χ1) is 11.1. The van der Waals surface area contributed by atoms with Crippen molar-refractivity contribution < 1.29 is 13.9 Å². The molecule has 2 aromatic rings. The minimum Gasteiger partial charge on any atom is -0.378 e. The van der Waals surface area contributed by atoms with Crippen molar-refractivity contribution in [3.63, 3.8) is 0 Å². The van der Waals surface area contributed by atoms with Crippen LogP contribution in [0.15, 0.2) is 30.6 Å². The van der Waals surface area contributed by atoms with Crippen LogP contribution in [0.1, 0.15) is 5.56 Å². The maximum Gasteiger partial charge on any atom is 0.246 e. The van der Waals surface area contributed by atoms with E-state index < -0.39 is 0 Å². The molecule has 1 fully saturated rings. The molecule has 1 aliphatic heterocycles. The van der Waals surface area contributed by atoms with Gasteiger partial charge in [-0.25, -0.2) is 4.39 Å². The highest BCUT2D eigenvalue weighted by molar-refractivity contribution is 5.90. The molecule has 122 valence electrons. The highest BCUT2D eigenvalue weighted by Crippen LogP contribution is 2.23. The summed E-state index contributed by atoms with van der Waals surface area (Å²) in [7, 11) is 0. The Hall–Kier alpha value is -2.41. The predicted molar refractivity (Wildman–Crippen MR) is 85.0 cm³/mol. The largest absolute Gasteiger partial charge is 0.378 e. The normalized spacial score (nSPS) is 14.8. The fourth-order valence-electron chi connectivity index (χ4n) is 2.55. The number of hydrogen-bond donors (Lipinski definition) is 1. The Morgan fingerprint density at radius 3 is 2.83 bits per heavy atom. The lowest BCUT2D eigenvalue weighted by atomic mass is 10.2. The molecular weight excluding hydrogens is 299 g/mol. The summed E-state index contributed by atoms with van der Waals surface area (Å²) >= 11 is 0. The molecule has 1 aliphatic rings. The summed E-state index contributed by atoms with van der Waals surface area (Å²) in [6.07, 6.45) is 3.46. The molecule has 0 saturated carbocycles. The maximum atomic E-state index is 14.3. The third-order valence-corrected chi connectivity index (χ3v) is 3.65. The lowest BCUT2D eigenvalue weighted by Crippen LogP contribution is -2.36. The van der Waals surface area contributed by atoms with Crippen LogP contribution in [-0.2, 0) is 16.1 Å². The van der Waals surface area contributed by atoms with Crippen LogP contribution in [0.3, 0.4) is 0 Å². The molecule has 0 unspecified atom stereocenters. The quantitative estimate of drug-likeness (QED) is 0.934. The number of aromatic nitrogens is 2. The minimum atomic E-state index is -0.348. The molecule has 2 heterocycles. The van der Waals surface area contributed by atoms with E-state index in [1.165, 1.54) is 6.07 Å². The molecule has 0 bridgehead atoms. The third kappa shape index (κ3) is 3.87. The molecular formula is C16H19FN4O2. The van der Waals surface area contributed by atoms with Gasteiger partial charge in [0.15, 0.2) is 0 Å². The summed E-state index contributed by atoms with van der Waals surface area (Å²) in [5.41, 5.74) is 1.96. The zero-order valence-corrected chi connectivity index (χ0v) is 13.0. The molecule has 1 N–H and O–H groups in total. The van der Waals surface area contributed by atoms with Crippen LogP contribution in [0, 0.1) is 12.7 Å². The first kappa shape index (κ1) is 15.5. The number of carbonyl (C=O) groups excluding carboxylic acids is 1. The highest BCUT2D eigenvalue weighted by atomic mass is 19.1. The predicted octanol–water partition coefficient (Wildman–Crippen LogP) is 1.81. The van der Waals surface area contributed by atoms with Gasteiger partial charge in [0.1, 0.15) is 12.4 Å². The summed E-state index contributed by atoms with van der Waals surface area (Å²) in [4.78, 5) is 13.9. The number of ether oxygens (including phenoxy) is 1. The number of hydrogen-bond acceptors (Lipinski definition) is 4. The minimum absolute atomic E-state index is 0.0979. The van der Waals surface area contributed by atoms with Crippen molar-refractivity contribution in [2.24, 2.45) is 0 Å². The maximum absolute atomic E-state index is 14.3. The van der Waals surface area contributed by atoms with Crippen molar-refractivity contribution in [2.75, 3.05) is 36.5 Å². The summed E-state index contributed by atoms with van der Waals surface area (Å²) in [5.74, 6) is -0.591. The van der Waals surface area contributed by atoms with E-state index in [-0.39, 0.29) is 18.3 Å². The highest BCUT2D eigenvalue weighted by Gasteiger charge is 2.15. The van der Waals surface area contributed by atoms with Crippen molar-refractivity contribution in [1.82, 2.24) is 9.78 Å². The Morgan fingerprint density at radius 2 is 2.17 bits per heavy atom. The fourth-order valence-corrected chi connectivity index (χ4v) is 2.55. The Labute approximate surface area is 133 Å². The van der Waals surface area contributed by atoms with E-state index in [4.69, 9.17) is 4.74 Å². The zero-order chi connectivity index (χ0) is 16.2. The molecule has 1 aromatic heterocycles. The van der Waals surface area contributed by atoms with Gasteiger partial charge in [0.2, 0.25) is 5.91 Å². The Bertz CT molecular complexity index is 695. The van der Waals surface area contributed by atoms with Crippen LogP contribution in [0.5, 0.6) is 0 Å². The summed E-state index contributed by atoms with van der Waals surface area (Å²) in [6, 6.07) is 4.74. The van der Waals surface area contributed by atoms with Crippen LogP contribution >= 0.6 is 0 Å². The van der Waals surface area contributed by atoms with E-state index in [1.54, 1.807) is 29.2 Å². The van der Waals surface area contributed by atoms with Gasteiger partial charge in [-0.05, 0) is 30.7 Å². The topological polar surface area (TPSA) is 59.4 Å². The van der Waals surface area contributed by atoms with Crippen LogP contribution in [0.2, 0.25) is 0 Å². The first-order valence-electron chi connectivity index (χ1n) is 7.53. The first-order valence-corrected chi connectivity index (χ1v) is 7.53. The van der Waals surface area contributed by atoms with Gasteiger partial charge in [-0.1, -0.05) is 0 Å². The monoisotopic (exact) mass is 318 g/mol. The molecule has 1 saturated heterocycles. The van der Waals surface area contributed by atoms with E-state index in [0.29, 0.717) is 37.7 Å². The smallest absolute Gasteiger partial charge is 0.246 e. The second kappa shape index (κ2) is 6.78. The molecule has 6 nitrogen and oxygen atoms in total. The second-order valence-corrected chi connectivity index (χ2v) is 5.53. The fraction of sp³-hybridized carbons (Fsp3) is 0.375. The Morgan fingerprint density at radius 1 is 1.39 bits per heavy atom. The standard InChI is InChI=1S/C16H19FN4O2/c1-12-9-18-21(10-12)11-16(22)19-13-2-3-15(14(17)8-13)20-4-6-23-7-5-20/h2-3,8-10H,4-7,11H2,1H3,(H,19,22). The number of nitrogens with zero attached hydrogens (tertiary/aromatic N) is 3. The van der Waals surface area contributed by atoms with Gasteiger partial charge in [0.05, 0.1) is 25.1 Å². The molecule has 7 heteroatoms. The molecule has 23 heavy (non-hydrogen) atoms. The van der Waals surface area contributed by atoms with E-state index in [0.717, 1.165) is 5.56 Å². The summed E-state index contributed by atoms with van der Waals surface area (Å²) < 4.78 is 21.1. The molecule has 0 aliphatic carbocycles. The number of rotatable bonds is 4. The van der Waals surface area contributed by atoms with Crippen molar-refractivity contribution in [3.05, 3.63) is 42.0 Å². The SMILES string of the molecule is Cc1cnn(CC(=O)Nc2ccc(N3CCOCC3)c(F)c2)c1. The van der Waals surface area contributed by atoms with E-state index in [2.05, 4.69) is 10.4 Å². The summed E-state index contributed by atoms with van der Waals surface area (Å²) in [5, 5.41) is 6.74. The molecule has 0 spiro atoms. The van der Waals surface area contributed by atoms with Gasteiger partial charge in [0, 0.05) is 25.0 Å². The van der Waals surface area contributed by atoms with Gasteiger partial charge in [-0.3, -0.25) is 9.48 Å². The number of morpholine rings is 1. The molecule has 1 amide bonds. The van der Waals surface area contributed by atoms with Crippen molar-refractivity contribution in [1.29, 1.82) is 0 Å². The van der Waals surface area contributed by atoms with Gasteiger partial charge in [-0.15, -0.1) is 0 Å². The van der Waals surface area contributed by atoms with E-state index in [9.17, 15) is 9.18 Å². The number of carbonyl (C=O) groups is 1. The van der Waals surface area contributed by atoms with Crippen LogP contribution in [-0.4, -0.2) is 42.0 Å². The van der Waals surface area contributed by atoms with Crippen molar-refractivity contribution in [2.45, 2.75) is 13.5 Å². The number of anilines is 2.